The highest BCUT2D eigenvalue weighted by molar-refractivity contribution is 5.99. The molecule has 3 aromatic rings. The zero-order chi connectivity index (χ0) is 28.3. The Morgan fingerprint density at radius 1 is 1.03 bits per heavy atom. The van der Waals surface area contributed by atoms with E-state index < -0.39 is 11.5 Å². The summed E-state index contributed by atoms with van der Waals surface area (Å²) in [5, 5.41) is 11.6. The lowest BCUT2D eigenvalue weighted by molar-refractivity contribution is 0.0174. The quantitative estimate of drug-likeness (QED) is 0.259. The van der Waals surface area contributed by atoms with E-state index >= 15 is 0 Å². The highest BCUT2D eigenvalue weighted by atomic mass is 19.3. The number of amides is 1. The molecule has 5 nitrogen and oxygen atoms in total. The second-order valence-electron chi connectivity index (χ2n) is 11.7. The summed E-state index contributed by atoms with van der Waals surface area (Å²) in [7, 11) is 0. The van der Waals surface area contributed by atoms with Crippen molar-refractivity contribution in [3.05, 3.63) is 83.0 Å². The summed E-state index contributed by atoms with van der Waals surface area (Å²) in [4.78, 5) is 14.0. The predicted molar refractivity (Wildman–Crippen MR) is 153 cm³/mol. The number of hydrogen-bond donors (Lipinski definition) is 2. The summed E-state index contributed by atoms with van der Waals surface area (Å²) in [6.07, 6.45) is 7.68. The number of nitrogens with zero attached hydrogens (tertiary/aromatic N) is 2. The number of alkyl halides is 2. The van der Waals surface area contributed by atoms with Gasteiger partial charge in [-0.1, -0.05) is 94.1 Å². The van der Waals surface area contributed by atoms with E-state index in [9.17, 15) is 13.6 Å². The smallest absolute Gasteiger partial charge is 0.270 e. The topological polar surface area (TPSA) is 59.0 Å². The summed E-state index contributed by atoms with van der Waals surface area (Å²) in [5.41, 5.74) is 1.55. The highest BCUT2D eigenvalue weighted by Gasteiger charge is 2.39. The van der Waals surface area contributed by atoms with Crippen LogP contribution in [0.4, 0.5) is 14.6 Å². The largest absolute Gasteiger partial charge is 0.363 e. The molecule has 2 heterocycles. The number of benzene rings is 2. The van der Waals surface area contributed by atoms with Crippen LogP contribution in [0.2, 0.25) is 0 Å². The van der Waals surface area contributed by atoms with Crippen LogP contribution in [0, 0.1) is 0 Å². The Bertz CT molecular complexity index is 1240. The van der Waals surface area contributed by atoms with E-state index in [1.54, 1.807) is 18.3 Å². The molecule has 2 aromatic carbocycles. The lowest BCUT2D eigenvalue weighted by Crippen LogP contribution is -2.46. The van der Waals surface area contributed by atoms with E-state index in [-0.39, 0.29) is 23.1 Å². The van der Waals surface area contributed by atoms with Crippen LogP contribution in [0.3, 0.4) is 0 Å². The van der Waals surface area contributed by atoms with E-state index in [0.717, 1.165) is 63.0 Å². The van der Waals surface area contributed by atoms with Crippen molar-refractivity contribution >= 4 is 11.7 Å². The Hall–Kier alpha value is -3.22. The fourth-order valence-electron chi connectivity index (χ4n) is 5.74. The van der Waals surface area contributed by atoms with Crippen LogP contribution in [0.15, 0.2) is 60.8 Å². The van der Waals surface area contributed by atoms with E-state index in [4.69, 9.17) is 0 Å². The minimum absolute atomic E-state index is 0.0263. The highest BCUT2D eigenvalue weighted by Crippen LogP contribution is 2.41. The average Bonchev–Trinajstić information content (AvgIpc) is 3.35. The van der Waals surface area contributed by atoms with Crippen LogP contribution in [0.1, 0.15) is 113 Å². The average molecular weight is 537 g/mol. The number of unbranched alkanes of at least 4 members (excludes halogenated alkanes) is 2. The van der Waals surface area contributed by atoms with E-state index in [0.29, 0.717) is 11.4 Å². The lowest BCUT2D eigenvalue weighted by atomic mass is 9.80. The van der Waals surface area contributed by atoms with Gasteiger partial charge in [-0.3, -0.25) is 4.79 Å². The molecule has 1 aliphatic heterocycles. The Kier molecular flexibility index (Phi) is 8.48. The van der Waals surface area contributed by atoms with Crippen LogP contribution in [-0.2, 0) is 17.0 Å². The standard InChI is InChI=1S/C32H42F2N4O/c1-6-8-19-32(20-9-7-2,25-17-15-24(16-18-25)31(5,33)34)37-29(39)26-22-35-38-28(26)36-27(21-30(38,3)4)23-13-11-10-12-14-23/h10-18,22,27,36H,6-9,19-21H2,1-5H3,(H,37,39). The second kappa shape index (κ2) is 11.5. The van der Waals surface area contributed by atoms with Crippen molar-refractivity contribution in [1.82, 2.24) is 15.1 Å². The number of aromatic nitrogens is 2. The molecule has 0 spiro atoms. The molecule has 7 heteroatoms. The molecule has 1 atom stereocenters. The zero-order valence-corrected chi connectivity index (χ0v) is 23.9. The monoisotopic (exact) mass is 536 g/mol. The van der Waals surface area contributed by atoms with Gasteiger partial charge < -0.3 is 10.6 Å². The summed E-state index contributed by atoms with van der Waals surface area (Å²) in [6, 6.07) is 16.8. The third kappa shape index (κ3) is 6.18. The molecule has 0 saturated carbocycles. The van der Waals surface area contributed by atoms with Crippen LogP contribution < -0.4 is 10.6 Å². The van der Waals surface area contributed by atoms with Gasteiger partial charge in [0.05, 0.1) is 23.3 Å². The van der Waals surface area contributed by atoms with Gasteiger partial charge in [0.2, 0.25) is 0 Å². The van der Waals surface area contributed by atoms with Gasteiger partial charge in [-0.2, -0.15) is 5.10 Å². The van der Waals surface area contributed by atoms with Crippen molar-refractivity contribution in [3.8, 4) is 0 Å². The number of carbonyl (C=O) groups excluding carboxylic acids is 1. The molecule has 0 fully saturated rings. The molecule has 2 N–H and O–H groups in total. The van der Waals surface area contributed by atoms with E-state index in [1.165, 1.54) is 12.1 Å². The SMILES string of the molecule is CCCCC(CCCC)(NC(=O)c1cnn2c1NC(c1ccccc1)CC2(C)C)c1ccc(C(C)(F)F)cc1. The molecule has 1 unspecified atom stereocenters. The summed E-state index contributed by atoms with van der Waals surface area (Å²) in [6.45, 7) is 9.43. The fourth-order valence-corrected chi connectivity index (χ4v) is 5.74. The minimum Gasteiger partial charge on any atom is -0.363 e. The number of fused-ring (bicyclic) bond motifs is 1. The van der Waals surface area contributed by atoms with Crippen molar-refractivity contribution < 1.29 is 13.6 Å². The summed E-state index contributed by atoms with van der Waals surface area (Å²) < 4.78 is 29.9. The first-order valence-corrected chi connectivity index (χ1v) is 14.2. The first-order chi connectivity index (χ1) is 18.5. The molecular formula is C32H42F2N4O. The molecular weight excluding hydrogens is 494 g/mol. The van der Waals surface area contributed by atoms with Gasteiger partial charge in [0.15, 0.2) is 0 Å². The predicted octanol–water partition coefficient (Wildman–Crippen LogP) is 8.29. The van der Waals surface area contributed by atoms with Gasteiger partial charge in [-0.25, -0.2) is 13.5 Å². The number of nitrogens with one attached hydrogen (secondary N) is 2. The third-order valence-corrected chi connectivity index (χ3v) is 8.02. The van der Waals surface area contributed by atoms with Gasteiger partial charge in [0.1, 0.15) is 11.4 Å². The molecule has 1 aromatic heterocycles. The Morgan fingerprint density at radius 2 is 1.62 bits per heavy atom. The molecule has 1 amide bonds. The maximum Gasteiger partial charge on any atom is 0.270 e. The van der Waals surface area contributed by atoms with Crippen LogP contribution >= 0.6 is 0 Å². The molecule has 0 aliphatic carbocycles. The Morgan fingerprint density at radius 3 is 2.18 bits per heavy atom. The van der Waals surface area contributed by atoms with Gasteiger partial charge in [0, 0.05) is 12.5 Å². The van der Waals surface area contributed by atoms with Crippen LogP contribution in [0.25, 0.3) is 0 Å². The number of anilines is 1. The van der Waals surface area contributed by atoms with E-state index in [1.807, 2.05) is 22.9 Å². The lowest BCUT2D eigenvalue weighted by Gasteiger charge is -2.39. The molecule has 0 saturated heterocycles. The maximum absolute atomic E-state index is 14.0. The zero-order valence-electron chi connectivity index (χ0n) is 23.9. The summed E-state index contributed by atoms with van der Waals surface area (Å²) in [5.74, 6) is -2.41. The van der Waals surface area contributed by atoms with E-state index in [2.05, 4.69) is 55.6 Å². The maximum atomic E-state index is 14.0. The Labute approximate surface area is 231 Å². The number of carbonyl (C=O) groups is 1. The molecule has 0 radical (unpaired) electrons. The Balaban J connectivity index is 1.71. The van der Waals surface area contributed by atoms with Gasteiger partial charge in [-0.05, 0) is 44.2 Å². The van der Waals surface area contributed by atoms with Gasteiger partial charge in [-0.15, -0.1) is 0 Å². The number of rotatable bonds is 11. The third-order valence-electron chi connectivity index (χ3n) is 8.02. The minimum atomic E-state index is -2.91. The first-order valence-electron chi connectivity index (χ1n) is 14.2. The number of halogens is 2. The van der Waals surface area contributed by atoms with Crippen molar-refractivity contribution in [3.63, 3.8) is 0 Å². The van der Waals surface area contributed by atoms with Crippen LogP contribution in [-0.4, -0.2) is 15.7 Å². The molecule has 39 heavy (non-hydrogen) atoms. The van der Waals surface area contributed by atoms with Crippen molar-refractivity contribution in [1.29, 1.82) is 0 Å². The first kappa shape index (κ1) is 28.8. The number of hydrogen-bond acceptors (Lipinski definition) is 3. The van der Waals surface area contributed by atoms with Crippen molar-refractivity contribution in [2.45, 2.75) is 103 Å². The molecule has 210 valence electrons. The molecule has 1 aliphatic rings. The van der Waals surface area contributed by atoms with Gasteiger partial charge in [0.25, 0.3) is 11.8 Å². The summed E-state index contributed by atoms with van der Waals surface area (Å²) >= 11 is 0. The normalized spacial score (nSPS) is 16.8. The van der Waals surface area contributed by atoms with Gasteiger partial charge >= 0.3 is 0 Å². The van der Waals surface area contributed by atoms with Crippen molar-refractivity contribution in [2.24, 2.45) is 0 Å². The molecule has 0 bridgehead atoms. The second-order valence-corrected chi connectivity index (χ2v) is 11.7. The van der Waals surface area contributed by atoms with Crippen LogP contribution in [0.5, 0.6) is 0 Å². The van der Waals surface area contributed by atoms with Crippen molar-refractivity contribution in [2.75, 3.05) is 5.32 Å². The molecule has 4 rings (SSSR count). The fraction of sp³-hybridized carbons (Fsp3) is 0.500.